The van der Waals surface area contributed by atoms with Gasteiger partial charge < -0.3 is 5.11 Å². The first kappa shape index (κ1) is 21.2. The molecule has 0 spiro atoms. The van der Waals surface area contributed by atoms with Crippen molar-refractivity contribution < 1.29 is 23.1 Å². The number of aryl methyl sites for hydroxylation is 1. The third kappa shape index (κ3) is 4.37. The number of carboxylic acids is 1. The van der Waals surface area contributed by atoms with E-state index >= 15 is 0 Å². The maximum Gasteiger partial charge on any atom is 0.433 e. The molecule has 0 aliphatic heterocycles. The lowest BCUT2D eigenvalue weighted by molar-refractivity contribution is -0.141. The van der Waals surface area contributed by atoms with Gasteiger partial charge in [-0.05, 0) is 41.8 Å². The van der Waals surface area contributed by atoms with E-state index in [-0.39, 0.29) is 17.1 Å². The SMILES string of the molecule is Cc1ccc(-c2cccc(-c3nc(-c4ccccc4)cc(C(F)(F)F)n3)c2)cc1C(=O)O. The van der Waals surface area contributed by atoms with Crippen molar-refractivity contribution in [3.05, 3.63) is 95.7 Å². The average molecular weight is 434 g/mol. The number of nitrogens with zero attached hydrogens (tertiary/aromatic N) is 2. The summed E-state index contributed by atoms with van der Waals surface area (Å²) in [5, 5.41) is 9.39. The molecule has 0 atom stereocenters. The van der Waals surface area contributed by atoms with E-state index in [4.69, 9.17) is 0 Å². The smallest absolute Gasteiger partial charge is 0.433 e. The second-order valence-electron chi connectivity index (χ2n) is 7.24. The first-order chi connectivity index (χ1) is 15.2. The van der Waals surface area contributed by atoms with Crippen LogP contribution in [-0.2, 0) is 6.18 Å². The molecule has 4 rings (SSSR count). The molecule has 4 nitrogen and oxygen atoms in total. The molecule has 0 radical (unpaired) electrons. The lowest BCUT2D eigenvalue weighted by atomic mass is 9.98. The summed E-state index contributed by atoms with van der Waals surface area (Å²) in [5.74, 6) is -1.11. The van der Waals surface area contributed by atoms with Gasteiger partial charge in [-0.3, -0.25) is 0 Å². The summed E-state index contributed by atoms with van der Waals surface area (Å²) in [7, 11) is 0. The van der Waals surface area contributed by atoms with Crippen molar-refractivity contribution in [2.45, 2.75) is 13.1 Å². The summed E-state index contributed by atoms with van der Waals surface area (Å²) in [6, 6.07) is 21.2. The third-order valence-corrected chi connectivity index (χ3v) is 5.01. The van der Waals surface area contributed by atoms with Crippen LogP contribution in [0.3, 0.4) is 0 Å². The monoisotopic (exact) mass is 434 g/mol. The Bertz CT molecular complexity index is 1300. The number of hydrogen-bond donors (Lipinski definition) is 1. The van der Waals surface area contributed by atoms with Gasteiger partial charge in [0.2, 0.25) is 0 Å². The first-order valence-electron chi connectivity index (χ1n) is 9.69. The molecular weight excluding hydrogens is 417 g/mol. The van der Waals surface area contributed by atoms with Crippen molar-refractivity contribution in [3.8, 4) is 33.8 Å². The fraction of sp³-hybridized carbons (Fsp3) is 0.0800. The summed E-state index contributed by atoms with van der Waals surface area (Å²) < 4.78 is 40.6. The van der Waals surface area contributed by atoms with Crippen molar-refractivity contribution >= 4 is 5.97 Å². The minimum absolute atomic E-state index is 0.0638. The molecular formula is C25H17F3N2O2. The molecule has 0 aliphatic rings. The topological polar surface area (TPSA) is 63.1 Å². The van der Waals surface area contributed by atoms with Gasteiger partial charge in [0.15, 0.2) is 5.82 Å². The Kier molecular flexibility index (Phi) is 5.48. The van der Waals surface area contributed by atoms with Crippen LogP contribution in [0, 0.1) is 6.92 Å². The molecule has 4 aromatic rings. The number of carbonyl (C=O) groups is 1. The minimum Gasteiger partial charge on any atom is -0.478 e. The Hall–Kier alpha value is -4.00. The highest BCUT2D eigenvalue weighted by Gasteiger charge is 2.34. The Balaban J connectivity index is 1.84. The molecule has 0 bridgehead atoms. The van der Waals surface area contributed by atoms with Gasteiger partial charge in [-0.2, -0.15) is 13.2 Å². The van der Waals surface area contributed by atoms with E-state index in [2.05, 4.69) is 9.97 Å². The van der Waals surface area contributed by atoms with Gasteiger partial charge in [-0.25, -0.2) is 14.8 Å². The molecule has 0 unspecified atom stereocenters. The van der Waals surface area contributed by atoms with Gasteiger partial charge in [0.25, 0.3) is 0 Å². The number of benzene rings is 3. The van der Waals surface area contributed by atoms with E-state index < -0.39 is 17.8 Å². The lowest BCUT2D eigenvalue weighted by Crippen LogP contribution is -2.10. The maximum atomic E-state index is 13.5. The number of halogens is 3. The predicted octanol–water partition coefficient (Wildman–Crippen LogP) is 6.50. The second kappa shape index (κ2) is 8.26. The number of alkyl halides is 3. The Morgan fingerprint density at radius 1 is 0.781 bits per heavy atom. The first-order valence-corrected chi connectivity index (χ1v) is 9.69. The molecule has 0 saturated heterocycles. The zero-order valence-corrected chi connectivity index (χ0v) is 16.9. The van der Waals surface area contributed by atoms with Gasteiger partial charge in [-0.1, -0.05) is 60.7 Å². The summed E-state index contributed by atoms with van der Waals surface area (Å²) in [4.78, 5) is 19.6. The molecule has 0 saturated carbocycles. The van der Waals surface area contributed by atoms with Crippen LogP contribution < -0.4 is 0 Å². The van der Waals surface area contributed by atoms with Gasteiger partial charge in [0, 0.05) is 11.1 Å². The molecule has 0 amide bonds. The van der Waals surface area contributed by atoms with Crippen molar-refractivity contribution in [2.75, 3.05) is 0 Å². The minimum atomic E-state index is -4.63. The van der Waals surface area contributed by atoms with E-state index in [0.29, 0.717) is 27.8 Å². The molecule has 0 fully saturated rings. The number of rotatable bonds is 4. The predicted molar refractivity (Wildman–Crippen MR) is 115 cm³/mol. The van der Waals surface area contributed by atoms with Crippen LogP contribution in [0.5, 0.6) is 0 Å². The number of hydrogen-bond acceptors (Lipinski definition) is 3. The van der Waals surface area contributed by atoms with Gasteiger partial charge in [-0.15, -0.1) is 0 Å². The van der Waals surface area contributed by atoms with Crippen LogP contribution in [-0.4, -0.2) is 21.0 Å². The summed E-state index contributed by atoms with van der Waals surface area (Å²) >= 11 is 0. The quantitative estimate of drug-likeness (QED) is 0.398. The third-order valence-electron chi connectivity index (χ3n) is 5.01. The molecule has 0 aliphatic carbocycles. The van der Waals surface area contributed by atoms with Crippen molar-refractivity contribution in [1.29, 1.82) is 0 Å². The standard InChI is InChI=1S/C25H17F3N2O2/c1-15-10-11-18(13-20(15)24(31)32)17-8-5-9-19(12-17)23-29-21(16-6-3-2-4-7-16)14-22(30-23)25(26,27)28/h2-14H,1H3,(H,31,32). The van der Waals surface area contributed by atoms with E-state index in [1.54, 1.807) is 79.7 Å². The summed E-state index contributed by atoms with van der Waals surface area (Å²) in [6.45, 7) is 1.70. The van der Waals surface area contributed by atoms with Crippen LogP contribution in [0.15, 0.2) is 78.9 Å². The van der Waals surface area contributed by atoms with Gasteiger partial charge in [0.1, 0.15) is 5.69 Å². The zero-order chi connectivity index (χ0) is 22.9. The number of aromatic nitrogens is 2. The summed E-state index contributed by atoms with van der Waals surface area (Å²) in [6.07, 6.45) is -4.63. The van der Waals surface area contributed by atoms with Crippen molar-refractivity contribution in [1.82, 2.24) is 9.97 Å². The van der Waals surface area contributed by atoms with Crippen LogP contribution in [0.2, 0.25) is 0 Å². The highest BCUT2D eigenvalue weighted by atomic mass is 19.4. The van der Waals surface area contributed by atoms with Crippen LogP contribution in [0.1, 0.15) is 21.6 Å². The van der Waals surface area contributed by atoms with Gasteiger partial charge in [0.05, 0.1) is 11.3 Å². The van der Waals surface area contributed by atoms with Crippen LogP contribution >= 0.6 is 0 Å². The normalized spacial score (nSPS) is 11.4. The second-order valence-corrected chi connectivity index (χ2v) is 7.24. The maximum absolute atomic E-state index is 13.5. The van der Waals surface area contributed by atoms with E-state index in [9.17, 15) is 23.1 Å². The molecule has 160 valence electrons. The highest BCUT2D eigenvalue weighted by molar-refractivity contribution is 5.91. The molecule has 1 aromatic heterocycles. The average Bonchev–Trinajstić information content (AvgIpc) is 2.79. The molecule has 7 heteroatoms. The molecule has 1 N–H and O–H groups in total. The Labute approximate surface area is 182 Å². The lowest BCUT2D eigenvalue weighted by Gasteiger charge is -2.12. The van der Waals surface area contributed by atoms with Crippen molar-refractivity contribution in [2.24, 2.45) is 0 Å². The Morgan fingerprint density at radius 3 is 2.12 bits per heavy atom. The Morgan fingerprint density at radius 2 is 1.44 bits per heavy atom. The van der Waals surface area contributed by atoms with E-state index in [0.717, 1.165) is 6.07 Å². The fourth-order valence-electron chi connectivity index (χ4n) is 3.35. The number of aromatic carboxylic acids is 1. The summed E-state index contributed by atoms with van der Waals surface area (Å²) in [5.41, 5.74) is 2.12. The number of carboxylic acid groups (broad SMARTS) is 1. The van der Waals surface area contributed by atoms with E-state index in [1.807, 2.05) is 0 Å². The molecule has 1 heterocycles. The molecule has 32 heavy (non-hydrogen) atoms. The van der Waals surface area contributed by atoms with Crippen LogP contribution in [0.4, 0.5) is 13.2 Å². The largest absolute Gasteiger partial charge is 0.478 e. The van der Waals surface area contributed by atoms with Gasteiger partial charge >= 0.3 is 12.1 Å². The fourth-order valence-corrected chi connectivity index (χ4v) is 3.35. The van der Waals surface area contributed by atoms with Crippen molar-refractivity contribution in [3.63, 3.8) is 0 Å². The van der Waals surface area contributed by atoms with Crippen LogP contribution in [0.25, 0.3) is 33.8 Å². The zero-order valence-electron chi connectivity index (χ0n) is 16.9. The molecule has 3 aromatic carbocycles. The highest BCUT2D eigenvalue weighted by Crippen LogP contribution is 2.33. The van der Waals surface area contributed by atoms with E-state index in [1.165, 1.54) is 0 Å².